The Labute approximate surface area is 217 Å². The molecule has 2 aromatic carbocycles. The zero-order valence-electron chi connectivity index (χ0n) is 21.2. The number of aliphatic hydroxyl groups excluding tert-OH is 1. The van der Waals surface area contributed by atoms with Gasteiger partial charge >= 0.3 is 0 Å². The van der Waals surface area contributed by atoms with Gasteiger partial charge in [-0.1, -0.05) is 70.0 Å². The molecule has 0 aliphatic heterocycles. The van der Waals surface area contributed by atoms with Crippen molar-refractivity contribution in [3.63, 3.8) is 0 Å². The van der Waals surface area contributed by atoms with Crippen LogP contribution in [0, 0.1) is 17.8 Å². The third-order valence-electron chi connectivity index (χ3n) is 7.23. The summed E-state index contributed by atoms with van der Waals surface area (Å²) in [5, 5.41) is 16.1. The van der Waals surface area contributed by atoms with Crippen molar-refractivity contribution >= 4 is 38.5 Å². The first-order chi connectivity index (χ1) is 16.6. The Bertz CT molecular complexity index is 1100. The van der Waals surface area contributed by atoms with Crippen LogP contribution in [0.5, 0.6) is 0 Å². The van der Waals surface area contributed by atoms with Gasteiger partial charge in [-0.25, -0.2) is 13.1 Å². The minimum absolute atomic E-state index is 0. The number of carbonyl (C=O) groups excluding carboxylic acids is 1. The Balaban J connectivity index is 0.00000342. The average molecular weight is 525 g/mol. The molecule has 0 spiro atoms. The maximum absolute atomic E-state index is 13.2. The summed E-state index contributed by atoms with van der Waals surface area (Å²) in [5.74, 6) is 1.50. The lowest BCUT2D eigenvalue weighted by Gasteiger charge is -2.36. The van der Waals surface area contributed by atoms with E-state index in [0.29, 0.717) is 30.6 Å². The van der Waals surface area contributed by atoms with Crippen LogP contribution in [-0.4, -0.2) is 49.6 Å². The SMILES string of the molecule is CC[C@H](NC(=O)[C@@H](CSc1cccc2ccccc12)NS(C)(=O)=O)[C@H](O)CC1C[C@@H](C)CC[C@H]1C.[HH].[HH]. The molecule has 0 heterocycles. The Morgan fingerprint density at radius 2 is 1.89 bits per heavy atom. The molecule has 6 atom stereocenters. The van der Waals surface area contributed by atoms with Crippen molar-refractivity contribution in [1.82, 2.24) is 10.0 Å². The Morgan fingerprint density at radius 3 is 2.60 bits per heavy atom. The first-order valence-electron chi connectivity index (χ1n) is 12.6. The standard InChI is InChI=1S/C27H40N2O4S2.2H2/c1-5-23(25(30)16-21-15-18(2)13-14-19(21)3)28-27(31)24(29-35(4,32)33)17-34-26-12-8-10-20-9-6-7-11-22(20)26;;/h6-12,18-19,21,23-25,29-30H,5,13-17H2,1-4H3,(H,28,31);2*1H/t18-,19+,21?,23-,24+,25+;;/m0../s1. The van der Waals surface area contributed by atoms with E-state index in [1.54, 1.807) is 0 Å². The molecule has 0 aromatic heterocycles. The molecule has 0 saturated heterocycles. The molecule has 1 amide bonds. The Kier molecular flexibility index (Phi) is 10.0. The first kappa shape index (κ1) is 28.0. The second-order valence-corrected chi connectivity index (χ2v) is 13.1. The van der Waals surface area contributed by atoms with E-state index in [1.165, 1.54) is 24.6 Å². The molecular formula is C27H44N2O4S2. The van der Waals surface area contributed by atoms with Gasteiger partial charge in [0.05, 0.1) is 18.4 Å². The smallest absolute Gasteiger partial charge is 0.239 e. The van der Waals surface area contributed by atoms with Crippen LogP contribution in [0.1, 0.15) is 55.7 Å². The number of hydrogen-bond donors (Lipinski definition) is 3. The molecule has 3 N–H and O–H groups in total. The van der Waals surface area contributed by atoms with Gasteiger partial charge in [0.25, 0.3) is 0 Å². The number of hydrogen-bond acceptors (Lipinski definition) is 5. The second-order valence-electron chi connectivity index (χ2n) is 10.2. The summed E-state index contributed by atoms with van der Waals surface area (Å²) in [7, 11) is -3.60. The van der Waals surface area contributed by atoms with E-state index in [2.05, 4.69) is 23.9 Å². The zero-order chi connectivity index (χ0) is 25.6. The third-order valence-corrected chi connectivity index (χ3v) is 9.11. The van der Waals surface area contributed by atoms with Crippen LogP contribution in [0.2, 0.25) is 0 Å². The molecule has 35 heavy (non-hydrogen) atoms. The molecule has 6 nitrogen and oxygen atoms in total. The number of sulfonamides is 1. The van der Waals surface area contributed by atoms with Crippen molar-refractivity contribution in [2.24, 2.45) is 17.8 Å². The van der Waals surface area contributed by atoms with Crippen LogP contribution in [-0.2, 0) is 14.8 Å². The number of nitrogens with one attached hydrogen (secondary N) is 2. The van der Waals surface area contributed by atoms with Crippen molar-refractivity contribution in [2.45, 2.75) is 76.0 Å². The fourth-order valence-electron chi connectivity index (χ4n) is 5.12. The predicted octanol–water partition coefficient (Wildman–Crippen LogP) is 5.06. The van der Waals surface area contributed by atoms with E-state index in [1.807, 2.05) is 49.4 Å². The van der Waals surface area contributed by atoms with Gasteiger partial charge in [-0.05, 0) is 53.9 Å². The van der Waals surface area contributed by atoms with Crippen molar-refractivity contribution in [2.75, 3.05) is 12.0 Å². The van der Waals surface area contributed by atoms with E-state index in [4.69, 9.17) is 0 Å². The maximum Gasteiger partial charge on any atom is 0.239 e. The van der Waals surface area contributed by atoms with Gasteiger partial charge in [0, 0.05) is 13.5 Å². The van der Waals surface area contributed by atoms with Crippen LogP contribution < -0.4 is 10.0 Å². The van der Waals surface area contributed by atoms with Crippen LogP contribution in [0.4, 0.5) is 0 Å². The number of thioether (sulfide) groups is 1. The summed E-state index contributed by atoms with van der Waals surface area (Å²) >= 11 is 1.45. The quantitative estimate of drug-likeness (QED) is 0.357. The molecule has 198 valence electrons. The lowest BCUT2D eigenvalue weighted by molar-refractivity contribution is -0.124. The van der Waals surface area contributed by atoms with E-state index >= 15 is 0 Å². The van der Waals surface area contributed by atoms with Gasteiger partial charge in [-0.2, -0.15) is 0 Å². The number of benzene rings is 2. The van der Waals surface area contributed by atoms with Crippen LogP contribution in [0.3, 0.4) is 0 Å². The topological polar surface area (TPSA) is 95.5 Å². The Morgan fingerprint density at radius 1 is 1.17 bits per heavy atom. The van der Waals surface area contributed by atoms with Gasteiger partial charge in [0.1, 0.15) is 6.04 Å². The highest BCUT2D eigenvalue weighted by molar-refractivity contribution is 7.99. The number of aliphatic hydroxyl groups is 1. The molecule has 1 fully saturated rings. The van der Waals surface area contributed by atoms with Gasteiger partial charge in [0.2, 0.25) is 15.9 Å². The van der Waals surface area contributed by atoms with Crippen LogP contribution in [0.15, 0.2) is 47.4 Å². The Hall–Kier alpha value is -1.61. The summed E-state index contributed by atoms with van der Waals surface area (Å²) in [6, 6.07) is 12.6. The highest BCUT2D eigenvalue weighted by Crippen LogP contribution is 2.36. The lowest BCUT2D eigenvalue weighted by atomic mass is 9.73. The van der Waals surface area contributed by atoms with Gasteiger partial charge in [0.15, 0.2) is 0 Å². The zero-order valence-corrected chi connectivity index (χ0v) is 22.9. The summed E-state index contributed by atoms with van der Waals surface area (Å²) in [5.41, 5.74) is 0. The maximum atomic E-state index is 13.2. The molecule has 1 aliphatic rings. The van der Waals surface area contributed by atoms with E-state index in [-0.39, 0.29) is 8.61 Å². The van der Waals surface area contributed by atoms with Crippen LogP contribution in [0.25, 0.3) is 10.8 Å². The van der Waals surface area contributed by atoms with Crippen LogP contribution >= 0.6 is 11.8 Å². The average Bonchev–Trinajstić information content (AvgIpc) is 2.81. The number of rotatable bonds is 11. The van der Waals surface area contributed by atoms with Crippen molar-refractivity contribution in [3.05, 3.63) is 42.5 Å². The monoisotopic (exact) mass is 524 g/mol. The van der Waals surface area contributed by atoms with E-state index in [0.717, 1.165) is 28.3 Å². The molecule has 1 aliphatic carbocycles. The summed E-state index contributed by atoms with van der Waals surface area (Å²) < 4.78 is 26.6. The van der Waals surface area contributed by atoms with Gasteiger partial charge in [-0.15, -0.1) is 11.8 Å². The summed E-state index contributed by atoms with van der Waals surface area (Å²) in [6.07, 6.45) is 5.13. The predicted molar refractivity (Wildman–Crippen MR) is 149 cm³/mol. The number of fused-ring (bicyclic) bond motifs is 1. The molecule has 3 rings (SSSR count). The normalized spacial score (nSPS) is 23.5. The summed E-state index contributed by atoms with van der Waals surface area (Å²) in [6.45, 7) is 6.45. The molecule has 8 heteroatoms. The second kappa shape index (κ2) is 12.6. The first-order valence-corrected chi connectivity index (χ1v) is 15.5. The highest BCUT2D eigenvalue weighted by Gasteiger charge is 2.32. The number of carbonyl (C=O) groups is 1. The van der Waals surface area contributed by atoms with Crippen molar-refractivity contribution in [1.29, 1.82) is 0 Å². The molecule has 0 radical (unpaired) electrons. The molecule has 0 bridgehead atoms. The molecule has 1 saturated carbocycles. The largest absolute Gasteiger partial charge is 0.391 e. The fourth-order valence-corrected chi connectivity index (χ4v) is 7.03. The molecule has 1 unspecified atom stereocenters. The molecule has 2 aromatic rings. The summed E-state index contributed by atoms with van der Waals surface area (Å²) in [4.78, 5) is 14.2. The highest BCUT2D eigenvalue weighted by atomic mass is 32.2. The minimum atomic E-state index is -3.60. The van der Waals surface area contributed by atoms with Gasteiger partial charge < -0.3 is 10.4 Å². The van der Waals surface area contributed by atoms with Crippen molar-refractivity contribution < 1.29 is 21.2 Å². The molecular weight excluding hydrogens is 480 g/mol. The fraction of sp³-hybridized carbons (Fsp3) is 0.593. The third kappa shape index (κ3) is 8.20. The number of amides is 1. The lowest BCUT2D eigenvalue weighted by Crippen LogP contribution is -2.53. The van der Waals surface area contributed by atoms with Crippen molar-refractivity contribution in [3.8, 4) is 0 Å². The minimum Gasteiger partial charge on any atom is -0.391 e. The van der Waals surface area contributed by atoms with E-state index < -0.39 is 34.1 Å². The van der Waals surface area contributed by atoms with E-state index in [9.17, 15) is 18.3 Å². The van der Waals surface area contributed by atoms with Gasteiger partial charge in [-0.3, -0.25) is 4.79 Å².